The lowest BCUT2D eigenvalue weighted by atomic mass is 10.2. The highest BCUT2D eigenvalue weighted by molar-refractivity contribution is 5.87. The van der Waals surface area contributed by atoms with Gasteiger partial charge in [-0.25, -0.2) is 9.97 Å². The summed E-state index contributed by atoms with van der Waals surface area (Å²) in [5.41, 5.74) is 3.00. The standard InChI is InChI=1S/C13H10N2O2/c1-17-13-7-11-10(6-12(13)16)14-8-4-2-3-5-9(8)15-11/h2-7,16H,1H3. The van der Waals surface area contributed by atoms with E-state index in [2.05, 4.69) is 9.97 Å². The van der Waals surface area contributed by atoms with E-state index in [4.69, 9.17) is 4.74 Å². The largest absolute Gasteiger partial charge is 0.504 e. The number of benzene rings is 2. The number of methoxy groups -OCH3 is 1. The summed E-state index contributed by atoms with van der Waals surface area (Å²) < 4.78 is 5.05. The van der Waals surface area contributed by atoms with Gasteiger partial charge in [-0.05, 0) is 12.1 Å². The summed E-state index contributed by atoms with van der Waals surface area (Å²) in [5, 5.41) is 9.69. The van der Waals surface area contributed by atoms with Gasteiger partial charge in [0.2, 0.25) is 0 Å². The third-order valence-electron chi connectivity index (χ3n) is 2.64. The Bertz CT molecular complexity index is 710. The quantitative estimate of drug-likeness (QED) is 0.648. The van der Waals surface area contributed by atoms with Crippen molar-refractivity contribution in [2.24, 2.45) is 0 Å². The van der Waals surface area contributed by atoms with Gasteiger partial charge in [0.15, 0.2) is 11.5 Å². The van der Waals surface area contributed by atoms with Gasteiger partial charge in [-0.2, -0.15) is 0 Å². The summed E-state index contributed by atoms with van der Waals surface area (Å²) in [4.78, 5) is 8.91. The Labute approximate surface area is 97.5 Å². The van der Waals surface area contributed by atoms with E-state index in [0.717, 1.165) is 11.0 Å². The van der Waals surface area contributed by atoms with E-state index in [9.17, 15) is 5.11 Å². The summed E-state index contributed by atoms with van der Waals surface area (Å²) in [6.07, 6.45) is 0. The van der Waals surface area contributed by atoms with E-state index < -0.39 is 0 Å². The molecule has 4 nitrogen and oxygen atoms in total. The molecular weight excluding hydrogens is 216 g/mol. The number of hydrogen-bond acceptors (Lipinski definition) is 4. The summed E-state index contributed by atoms with van der Waals surface area (Å²) in [6, 6.07) is 10.9. The lowest BCUT2D eigenvalue weighted by Gasteiger charge is -2.05. The van der Waals surface area contributed by atoms with Crippen molar-refractivity contribution in [1.29, 1.82) is 0 Å². The number of rotatable bonds is 1. The smallest absolute Gasteiger partial charge is 0.162 e. The number of ether oxygens (including phenoxy) is 1. The van der Waals surface area contributed by atoms with E-state index in [-0.39, 0.29) is 5.75 Å². The van der Waals surface area contributed by atoms with Crippen LogP contribution in [0.2, 0.25) is 0 Å². The fraction of sp³-hybridized carbons (Fsp3) is 0.0769. The molecule has 1 aromatic heterocycles. The number of nitrogens with zero attached hydrogens (tertiary/aromatic N) is 2. The molecule has 0 saturated heterocycles. The van der Waals surface area contributed by atoms with Crippen LogP contribution in [0.3, 0.4) is 0 Å². The highest BCUT2D eigenvalue weighted by Gasteiger charge is 2.07. The van der Waals surface area contributed by atoms with E-state index in [1.165, 1.54) is 7.11 Å². The van der Waals surface area contributed by atoms with Crippen molar-refractivity contribution in [2.75, 3.05) is 7.11 Å². The van der Waals surface area contributed by atoms with Gasteiger partial charge in [-0.1, -0.05) is 12.1 Å². The Kier molecular flexibility index (Phi) is 2.08. The number of aromatic hydroxyl groups is 1. The lowest BCUT2D eigenvalue weighted by molar-refractivity contribution is 0.374. The van der Waals surface area contributed by atoms with Gasteiger partial charge in [-0.15, -0.1) is 0 Å². The second-order valence-electron chi connectivity index (χ2n) is 3.73. The molecule has 0 atom stereocenters. The van der Waals surface area contributed by atoms with Crippen molar-refractivity contribution in [3.63, 3.8) is 0 Å². The van der Waals surface area contributed by atoms with Gasteiger partial charge in [0.05, 0.1) is 29.2 Å². The molecule has 0 amide bonds. The zero-order valence-electron chi connectivity index (χ0n) is 9.21. The van der Waals surface area contributed by atoms with Crippen LogP contribution >= 0.6 is 0 Å². The fourth-order valence-electron chi connectivity index (χ4n) is 1.80. The van der Waals surface area contributed by atoms with Crippen LogP contribution < -0.4 is 4.74 Å². The second kappa shape index (κ2) is 3.59. The van der Waals surface area contributed by atoms with Crippen molar-refractivity contribution < 1.29 is 9.84 Å². The van der Waals surface area contributed by atoms with E-state index in [1.807, 2.05) is 24.3 Å². The SMILES string of the molecule is COc1cc2nc3ccccc3nc2cc1O. The van der Waals surface area contributed by atoms with Crippen LogP contribution in [-0.4, -0.2) is 22.2 Å². The van der Waals surface area contributed by atoms with Gasteiger partial charge in [0.1, 0.15) is 0 Å². The lowest BCUT2D eigenvalue weighted by Crippen LogP contribution is -1.89. The minimum atomic E-state index is 0.0737. The van der Waals surface area contributed by atoms with Crippen molar-refractivity contribution in [2.45, 2.75) is 0 Å². The van der Waals surface area contributed by atoms with E-state index in [1.54, 1.807) is 12.1 Å². The molecule has 0 aliphatic heterocycles. The minimum absolute atomic E-state index is 0.0737. The highest BCUT2D eigenvalue weighted by Crippen LogP contribution is 2.30. The molecule has 0 radical (unpaired) electrons. The molecule has 0 aliphatic rings. The second-order valence-corrected chi connectivity index (χ2v) is 3.73. The number of aromatic nitrogens is 2. The van der Waals surface area contributed by atoms with E-state index >= 15 is 0 Å². The molecule has 84 valence electrons. The summed E-state index contributed by atoms with van der Waals surface area (Å²) >= 11 is 0. The summed E-state index contributed by atoms with van der Waals surface area (Å²) in [6.45, 7) is 0. The number of phenolic OH excluding ortho intramolecular Hbond substituents is 1. The number of phenols is 1. The van der Waals surface area contributed by atoms with Crippen molar-refractivity contribution in [1.82, 2.24) is 9.97 Å². The molecular formula is C13H10N2O2. The molecule has 0 spiro atoms. The van der Waals surface area contributed by atoms with Gasteiger partial charge in [-0.3, -0.25) is 0 Å². The predicted octanol–water partition coefficient (Wildman–Crippen LogP) is 2.50. The van der Waals surface area contributed by atoms with Gasteiger partial charge >= 0.3 is 0 Å². The first-order valence-electron chi connectivity index (χ1n) is 5.21. The van der Waals surface area contributed by atoms with Crippen LogP contribution in [0.1, 0.15) is 0 Å². The minimum Gasteiger partial charge on any atom is -0.504 e. The zero-order chi connectivity index (χ0) is 11.8. The van der Waals surface area contributed by atoms with Crippen LogP contribution in [0.15, 0.2) is 36.4 Å². The molecule has 0 aliphatic carbocycles. The molecule has 3 rings (SSSR count). The highest BCUT2D eigenvalue weighted by atomic mass is 16.5. The summed E-state index contributed by atoms with van der Waals surface area (Å²) in [7, 11) is 1.51. The average molecular weight is 226 g/mol. The Morgan fingerprint density at radius 2 is 1.53 bits per heavy atom. The molecule has 0 fully saturated rings. The Morgan fingerprint density at radius 3 is 2.12 bits per heavy atom. The number of fused-ring (bicyclic) bond motifs is 2. The molecule has 17 heavy (non-hydrogen) atoms. The maximum absolute atomic E-state index is 9.69. The Morgan fingerprint density at radius 1 is 0.941 bits per heavy atom. The monoisotopic (exact) mass is 226 g/mol. The first kappa shape index (κ1) is 9.84. The Hall–Kier alpha value is -2.36. The van der Waals surface area contributed by atoms with Crippen LogP contribution in [0.5, 0.6) is 11.5 Å². The van der Waals surface area contributed by atoms with Crippen LogP contribution in [0.4, 0.5) is 0 Å². The van der Waals surface area contributed by atoms with Gasteiger partial charge in [0.25, 0.3) is 0 Å². The van der Waals surface area contributed by atoms with Gasteiger partial charge < -0.3 is 9.84 Å². The fourth-order valence-corrected chi connectivity index (χ4v) is 1.80. The van der Waals surface area contributed by atoms with Crippen LogP contribution in [0, 0.1) is 0 Å². The molecule has 4 heteroatoms. The first-order chi connectivity index (χ1) is 8.28. The molecule has 0 saturated carbocycles. The van der Waals surface area contributed by atoms with Crippen molar-refractivity contribution in [3.05, 3.63) is 36.4 Å². The third kappa shape index (κ3) is 1.54. The van der Waals surface area contributed by atoms with Crippen LogP contribution in [0.25, 0.3) is 22.1 Å². The number of para-hydroxylation sites is 2. The molecule has 1 N–H and O–H groups in total. The Balaban J connectivity index is 2.40. The molecule has 3 aromatic rings. The van der Waals surface area contributed by atoms with E-state index in [0.29, 0.717) is 16.8 Å². The number of hydrogen-bond donors (Lipinski definition) is 1. The molecule has 1 heterocycles. The molecule has 0 bridgehead atoms. The summed E-state index contributed by atoms with van der Waals surface area (Å²) in [5.74, 6) is 0.478. The van der Waals surface area contributed by atoms with Gasteiger partial charge in [0, 0.05) is 12.1 Å². The van der Waals surface area contributed by atoms with Crippen LogP contribution in [-0.2, 0) is 0 Å². The molecule has 0 unspecified atom stereocenters. The van der Waals surface area contributed by atoms with Crippen molar-refractivity contribution >= 4 is 22.1 Å². The zero-order valence-corrected chi connectivity index (χ0v) is 9.21. The average Bonchev–Trinajstić information content (AvgIpc) is 2.35. The van der Waals surface area contributed by atoms with Crippen molar-refractivity contribution in [3.8, 4) is 11.5 Å². The molecule has 2 aromatic carbocycles. The predicted molar refractivity (Wildman–Crippen MR) is 65.3 cm³/mol. The maximum Gasteiger partial charge on any atom is 0.162 e. The third-order valence-corrected chi connectivity index (χ3v) is 2.64. The first-order valence-corrected chi connectivity index (χ1v) is 5.21. The topological polar surface area (TPSA) is 55.2 Å². The normalized spacial score (nSPS) is 10.9. The maximum atomic E-state index is 9.69.